The van der Waals surface area contributed by atoms with Crippen LogP contribution < -0.4 is 4.72 Å². The Hall–Kier alpha value is -2.30. The molecule has 0 aromatic heterocycles. The summed E-state index contributed by atoms with van der Waals surface area (Å²) < 4.78 is 46.2. The molecule has 0 heterocycles. The summed E-state index contributed by atoms with van der Waals surface area (Å²) in [7, 11) is -3.82. The largest absolute Gasteiger partial charge is 0.289 e. The van der Waals surface area contributed by atoms with Gasteiger partial charge >= 0.3 is 0 Å². The van der Waals surface area contributed by atoms with Crippen LogP contribution in [-0.4, -0.2) is 22.1 Å². The first-order chi connectivity index (χ1) is 10.3. The summed E-state index contributed by atoms with van der Waals surface area (Å²) in [5.74, 6) is 0. The standard InChI is InChI=1S/C12H10N2O6S2/c15-14(16)10-3-7-12(8-4-10)22(19,20)11-5-1-9(2-6-11)13-21(17)18/h1-8,13H,(H,17,18). The van der Waals surface area contributed by atoms with Crippen LogP contribution in [0.15, 0.2) is 58.3 Å². The van der Waals surface area contributed by atoms with E-state index in [0.717, 1.165) is 24.3 Å². The number of anilines is 1. The van der Waals surface area contributed by atoms with E-state index in [9.17, 15) is 22.7 Å². The molecule has 0 saturated heterocycles. The zero-order valence-corrected chi connectivity index (χ0v) is 12.5. The Kier molecular flexibility index (Phi) is 4.54. The van der Waals surface area contributed by atoms with Crippen molar-refractivity contribution in [2.24, 2.45) is 0 Å². The molecular weight excluding hydrogens is 332 g/mol. The Labute approximate surface area is 128 Å². The number of sulfone groups is 1. The second-order valence-corrected chi connectivity index (χ2v) is 6.78. The topological polar surface area (TPSA) is 127 Å². The summed E-state index contributed by atoms with van der Waals surface area (Å²) in [5, 5.41) is 10.6. The van der Waals surface area contributed by atoms with E-state index in [0.29, 0.717) is 0 Å². The number of nitro groups is 1. The highest BCUT2D eigenvalue weighted by Gasteiger charge is 2.18. The van der Waals surface area contributed by atoms with E-state index < -0.39 is 26.0 Å². The summed E-state index contributed by atoms with van der Waals surface area (Å²) in [4.78, 5) is 9.83. The monoisotopic (exact) mass is 342 g/mol. The van der Waals surface area contributed by atoms with Crippen molar-refractivity contribution in [3.63, 3.8) is 0 Å². The first-order valence-corrected chi connectivity index (χ1v) is 8.37. The molecule has 22 heavy (non-hydrogen) atoms. The molecule has 0 radical (unpaired) electrons. The molecule has 0 aliphatic heterocycles. The Morgan fingerprint density at radius 3 is 1.86 bits per heavy atom. The van der Waals surface area contributed by atoms with Crippen molar-refractivity contribution >= 4 is 32.5 Å². The molecule has 2 aromatic rings. The third-order valence-corrected chi connectivity index (χ3v) is 4.92. The quantitative estimate of drug-likeness (QED) is 0.486. The highest BCUT2D eigenvalue weighted by atomic mass is 32.2. The van der Waals surface area contributed by atoms with E-state index >= 15 is 0 Å². The van der Waals surface area contributed by atoms with Gasteiger partial charge in [0.25, 0.3) is 17.0 Å². The van der Waals surface area contributed by atoms with Gasteiger partial charge in [0.15, 0.2) is 0 Å². The van der Waals surface area contributed by atoms with Crippen LogP contribution in [-0.2, 0) is 21.1 Å². The summed E-state index contributed by atoms with van der Waals surface area (Å²) in [6, 6.07) is 9.75. The Balaban J connectivity index is 2.33. The van der Waals surface area contributed by atoms with Crippen LogP contribution in [0.2, 0.25) is 0 Å². The molecule has 0 aliphatic rings. The number of non-ortho nitro benzene ring substituents is 1. The minimum atomic E-state index is -3.82. The second kappa shape index (κ2) is 6.22. The van der Waals surface area contributed by atoms with Gasteiger partial charge < -0.3 is 0 Å². The van der Waals surface area contributed by atoms with Crippen LogP contribution in [0.1, 0.15) is 0 Å². The van der Waals surface area contributed by atoms with Crippen LogP contribution >= 0.6 is 0 Å². The van der Waals surface area contributed by atoms with Crippen LogP contribution in [0, 0.1) is 10.1 Å². The molecule has 0 saturated carbocycles. The summed E-state index contributed by atoms with van der Waals surface area (Å²) in [6.07, 6.45) is 0. The van der Waals surface area contributed by atoms with Crippen molar-refractivity contribution in [3.8, 4) is 0 Å². The van der Waals surface area contributed by atoms with Crippen molar-refractivity contribution in [2.45, 2.75) is 9.79 Å². The van der Waals surface area contributed by atoms with E-state index in [1.807, 2.05) is 0 Å². The number of benzene rings is 2. The molecule has 2 aromatic carbocycles. The molecule has 1 atom stereocenters. The van der Waals surface area contributed by atoms with Crippen molar-refractivity contribution < 1.29 is 22.1 Å². The molecule has 0 amide bonds. The molecule has 1 unspecified atom stereocenters. The summed E-state index contributed by atoms with van der Waals surface area (Å²) in [5.41, 5.74) is 0.0763. The highest BCUT2D eigenvalue weighted by molar-refractivity contribution is 7.91. The van der Waals surface area contributed by atoms with Gasteiger partial charge in [-0.3, -0.25) is 19.4 Å². The van der Waals surface area contributed by atoms with Gasteiger partial charge in [-0.25, -0.2) is 12.6 Å². The van der Waals surface area contributed by atoms with Gasteiger partial charge in [0, 0.05) is 17.8 Å². The van der Waals surface area contributed by atoms with Crippen LogP contribution in [0.25, 0.3) is 0 Å². The predicted molar refractivity (Wildman–Crippen MR) is 79.4 cm³/mol. The van der Waals surface area contributed by atoms with Crippen LogP contribution in [0.5, 0.6) is 0 Å². The van der Waals surface area contributed by atoms with Gasteiger partial charge in [0.1, 0.15) is 0 Å². The molecule has 2 N–H and O–H groups in total. The van der Waals surface area contributed by atoms with Gasteiger partial charge in [-0.1, -0.05) is 0 Å². The number of nitrogens with one attached hydrogen (secondary N) is 1. The maximum Gasteiger partial charge on any atom is 0.269 e. The van der Waals surface area contributed by atoms with Crippen LogP contribution in [0.4, 0.5) is 11.4 Å². The average molecular weight is 342 g/mol. The fourth-order valence-corrected chi connectivity index (χ4v) is 3.28. The molecule has 10 heteroatoms. The lowest BCUT2D eigenvalue weighted by Gasteiger charge is -2.06. The second-order valence-electron chi connectivity index (χ2n) is 4.13. The van der Waals surface area contributed by atoms with E-state index in [4.69, 9.17) is 4.55 Å². The Morgan fingerprint density at radius 2 is 1.45 bits per heavy atom. The fraction of sp³-hybridized carbons (Fsp3) is 0. The molecule has 0 bridgehead atoms. The molecule has 116 valence electrons. The molecule has 8 nitrogen and oxygen atoms in total. The van der Waals surface area contributed by atoms with Gasteiger partial charge in [-0.2, -0.15) is 0 Å². The van der Waals surface area contributed by atoms with Gasteiger partial charge in [-0.15, -0.1) is 0 Å². The molecular formula is C12H10N2O6S2. The Morgan fingerprint density at radius 1 is 1.00 bits per heavy atom. The first kappa shape index (κ1) is 16.1. The Bertz CT molecular complexity index is 816. The maximum absolute atomic E-state index is 12.3. The third kappa shape index (κ3) is 3.47. The molecule has 0 spiro atoms. The van der Waals surface area contributed by atoms with Crippen molar-refractivity contribution in [3.05, 3.63) is 58.6 Å². The number of hydrogen-bond donors (Lipinski definition) is 2. The summed E-state index contributed by atoms with van der Waals surface area (Å²) in [6.45, 7) is 0. The lowest BCUT2D eigenvalue weighted by atomic mass is 10.3. The third-order valence-electron chi connectivity index (χ3n) is 2.73. The smallest absolute Gasteiger partial charge is 0.269 e. The van der Waals surface area contributed by atoms with Crippen LogP contribution in [0.3, 0.4) is 0 Å². The average Bonchev–Trinajstić information content (AvgIpc) is 2.47. The van der Waals surface area contributed by atoms with Gasteiger partial charge in [-0.05, 0) is 36.4 Å². The predicted octanol–water partition coefficient (Wildman–Crippen LogP) is 1.98. The minimum Gasteiger partial charge on any atom is -0.289 e. The van der Waals surface area contributed by atoms with E-state index in [2.05, 4.69) is 4.72 Å². The highest BCUT2D eigenvalue weighted by Crippen LogP contribution is 2.24. The maximum atomic E-state index is 12.3. The van der Waals surface area contributed by atoms with Crippen molar-refractivity contribution in [2.75, 3.05) is 4.72 Å². The van der Waals surface area contributed by atoms with Crippen molar-refractivity contribution in [1.29, 1.82) is 0 Å². The number of rotatable bonds is 5. The van der Waals surface area contributed by atoms with E-state index in [1.54, 1.807) is 0 Å². The minimum absolute atomic E-state index is 0.0318. The zero-order chi connectivity index (χ0) is 16.3. The number of nitrogens with zero attached hydrogens (tertiary/aromatic N) is 1. The lowest BCUT2D eigenvalue weighted by molar-refractivity contribution is -0.384. The summed E-state index contributed by atoms with van der Waals surface area (Å²) >= 11 is -2.25. The van der Waals surface area contributed by atoms with E-state index in [-0.39, 0.29) is 21.2 Å². The molecule has 0 fully saturated rings. The molecule has 0 aliphatic carbocycles. The first-order valence-electron chi connectivity index (χ1n) is 5.78. The molecule has 2 rings (SSSR count). The van der Waals surface area contributed by atoms with Crippen molar-refractivity contribution in [1.82, 2.24) is 0 Å². The normalized spacial score (nSPS) is 12.6. The number of nitro benzene ring substituents is 1. The lowest BCUT2D eigenvalue weighted by Crippen LogP contribution is -2.04. The van der Waals surface area contributed by atoms with E-state index in [1.165, 1.54) is 24.3 Å². The van der Waals surface area contributed by atoms with Gasteiger partial charge in [0.2, 0.25) is 9.84 Å². The number of hydrogen-bond acceptors (Lipinski definition) is 5. The fourth-order valence-electron chi connectivity index (χ4n) is 1.69. The van der Waals surface area contributed by atoms with Gasteiger partial charge in [0.05, 0.1) is 14.7 Å². The zero-order valence-electron chi connectivity index (χ0n) is 10.9. The SMILES string of the molecule is O=[N+]([O-])c1ccc(S(=O)(=O)c2ccc(NS(=O)O)cc2)cc1.